The van der Waals surface area contributed by atoms with Crippen LogP contribution < -0.4 is 0 Å². The van der Waals surface area contributed by atoms with E-state index in [9.17, 15) is 5.11 Å². The van der Waals surface area contributed by atoms with Gasteiger partial charge in [-0.1, -0.05) is 18.5 Å². The van der Waals surface area contributed by atoms with E-state index in [4.69, 9.17) is 11.6 Å². The first-order valence-electron chi connectivity index (χ1n) is 7.49. The molecule has 1 fully saturated rings. The third kappa shape index (κ3) is 3.46. The van der Waals surface area contributed by atoms with E-state index in [-0.39, 0.29) is 6.04 Å². The van der Waals surface area contributed by atoms with Gasteiger partial charge in [0.2, 0.25) is 0 Å². The Morgan fingerprint density at radius 2 is 1.75 bits per heavy atom. The highest BCUT2D eigenvalue weighted by Gasteiger charge is 2.25. The van der Waals surface area contributed by atoms with E-state index in [1.54, 1.807) is 12.1 Å². The fourth-order valence-electron chi connectivity index (χ4n) is 2.88. The highest BCUT2D eigenvalue weighted by Crippen LogP contribution is 2.31. The fourth-order valence-corrected chi connectivity index (χ4v) is 3.06. The van der Waals surface area contributed by atoms with Gasteiger partial charge in [0, 0.05) is 48.8 Å². The van der Waals surface area contributed by atoms with Crippen LogP contribution in [0.25, 0.3) is 0 Å². The largest absolute Gasteiger partial charge is 0.508 e. The van der Waals surface area contributed by atoms with Gasteiger partial charge in [-0.25, -0.2) is 0 Å². The molecule has 20 heavy (non-hydrogen) atoms. The molecule has 1 heterocycles. The number of aromatic hydroxyl groups is 1. The summed E-state index contributed by atoms with van der Waals surface area (Å²) < 4.78 is 0. The molecule has 1 saturated heterocycles. The molecule has 0 aromatic heterocycles. The monoisotopic (exact) mass is 296 g/mol. The van der Waals surface area contributed by atoms with Gasteiger partial charge in [-0.05, 0) is 38.5 Å². The van der Waals surface area contributed by atoms with Gasteiger partial charge in [0.25, 0.3) is 0 Å². The van der Waals surface area contributed by atoms with Crippen LogP contribution >= 0.6 is 11.6 Å². The number of halogens is 1. The van der Waals surface area contributed by atoms with Crippen molar-refractivity contribution in [2.45, 2.75) is 39.3 Å². The molecular formula is C16H25ClN2O. The first kappa shape index (κ1) is 15.6. The van der Waals surface area contributed by atoms with Crippen LogP contribution in [0.15, 0.2) is 18.2 Å². The second-order valence-corrected chi connectivity index (χ2v) is 6.14. The number of nitrogens with zero attached hydrogens (tertiary/aromatic N) is 2. The molecule has 0 amide bonds. The summed E-state index contributed by atoms with van der Waals surface area (Å²) in [6, 6.07) is 6.15. The Labute approximate surface area is 127 Å². The summed E-state index contributed by atoms with van der Waals surface area (Å²) in [6.07, 6.45) is 1.20. The van der Waals surface area contributed by atoms with Crippen molar-refractivity contribution >= 4 is 11.6 Å². The normalized spacial score (nSPS) is 20.8. The maximum absolute atomic E-state index is 10.0. The first-order valence-corrected chi connectivity index (χ1v) is 7.87. The third-order valence-electron chi connectivity index (χ3n) is 4.55. The molecule has 2 rings (SSSR count). The van der Waals surface area contributed by atoms with Crippen molar-refractivity contribution in [3.05, 3.63) is 28.8 Å². The summed E-state index contributed by atoms with van der Waals surface area (Å²) in [5.74, 6) is 0.339. The van der Waals surface area contributed by atoms with Crippen LogP contribution in [-0.2, 0) is 0 Å². The number of phenolic OH excluding ortho intramolecular Hbond substituents is 1. The Hall–Kier alpha value is -0.770. The molecule has 0 bridgehead atoms. The predicted octanol–water partition coefficient (Wildman–Crippen LogP) is 3.52. The van der Waals surface area contributed by atoms with Crippen LogP contribution in [0.5, 0.6) is 5.75 Å². The Morgan fingerprint density at radius 1 is 1.15 bits per heavy atom. The van der Waals surface area contributed by atoms with Crippen LogP contribution in [0.4, 0.5) is 0 Å². The molecule has 4 heteroatoms. The minimum absolute atomic E-state index is 0.202. The van der Waals surface area contributed by atoms with Crippen LogP contribution in [-0.4, -0.2) is 47.1 Å². The zero-order valence-corrected chi connectivity index (χ0v) is 13.4. The minimum atomic E-state index is 0.202. The lowest BCUT2D eigenvalue weighted by Crippen LogP contribution is -2.49. The SMILES string of the molecule is CCC(C)N1CCN(C(C)c2cc(Cl)ccc2O)CC1. The van der Waals surface area contributed by atoms with Crippen molar-refractivity contribution in [1.29, 1.82) is 0 Å². The van der Waals surface area contributed by atoms with Gasteiger partial charge in [0.15, 0.2) is 0 Å². The summed E-state index contributed by atoms with van der Waals surface area (Å²) in [6.45, 7) is 11.0. The average molecular weight is 297 g/mol. The average Bonchev–Trinajstić information content (AvgIpc) is 2.48. The number of piperazine rings is 1. The molecule has 1 aliphatic heterocycles. The van der Waals surface area contributed by atoms with Gasteiger partial charge in [-0.15, -0.1) is 0 Å². The topological polar surface area (TPSA) is 26.7 Å². The van der Waals surface area contributed by atoms with Crippen molar-refractivity contribution in [2.75, 3.05) is 26.2 Å². The summed E-state index contributed by atoms with van der Waals surface area (Å²) in [5, 5.41) is 10.7. The van der Waals surface area contributed by atoms with Crippen molar-refractivity contribution in [3.8, 4) is 5.75 Å². The Bertz CT molecular complexity index is 444. The molecule has 3 nitrogen and oxygen atoms in total. The summed E-state index contributed by atoms with van der Waals surface area (Å²) in [5.41, 5.74) is 0.925. The van der Waals surface area contributed by atoms with E-state index in [1.165, 1.54) is 6.42 Å². The lowest BCUT2D eigenvalue weighted by atomic mass is 10.0. The molecule has 2 atom stereocenters. The zero-order valence-electron chi connectivity index (χ0n) is 12.6. The molecule has 0 radical (unpaired) electrons. The second-order valence-electron chi connectivity index (χ2n) is 5.71. The maximum Gasteiger partial charge on any atom is 0.120 e. The third-order valence-corrected chi connectivity index (χ3v) is 4.79. The van der Waals surface area contributed by atoms with Crippen molar-refractivity contribution in [2.24, 2.45) is 0 Å². The van der Waals surface area contributed by atoms with Crippen LogP contribution in [0, 0.1) is 0 Å². The summed E-state index contributed by atoms with van der Waals surface area (Å²) >= 11 is 6.05. The molecule has 112 valence electrons. The van der Waals surface area contributed by atoms with E-state index in [0.717, 1.165) is 31.7 Å². The van der Waals surface area contributed by atoms with Gasteiger partial charge < -0.3 is 5.11 Å². The quantitative estimate of drug-likeness (QED) is 0.921. The maximum atomic E-state index is 10.0. The van der Waals surface area contributed by atoms with Gasteiger partial charge in [-0.3, -0.25) is 9.80 Å². The molecule has 1 aliphatic rings. The van der Waals surface area contributed by atoms with Gasteiger partial charge in [0.05, 0.1) is 0 Å². The molecule has 2 unspecified atom stereocenters. The molecule has 1 aromatic rings. The summed E-state index contributed by atoms with van der Waals surface area (Å²) in [7, 11) is 0. The molecule has 0 aliphatic carbocycles. The van der Waals surface area contributed by atoms with E-state index in [0.29, 0.717) is 16.8 Å². The number of phenols is 1. The van der Waals surface area contributed by atoms with E-state index in [2.05, 4.69) is 30.6 Å². The molecule has 1 N–H and O–H groups in total. The second kappa shape index (κ2) is 6.79. The zero-order chi connectivity index (χ0) is 14.7. The smallest absolute Gasteiger partial charge is 0.120 e. The number of rotatable bonds is 4. The van der Waals surface area contributed by atoms with Crippen molar-refractivity contribution in [3.63, 3.8) is 0 Å². The Morgan fingerprint density at radius 3 is 2.35 bits per heavy atom. The first-order chi connectivity index (χ1) is 9.52. The number of benzene rings is 1. The van der Waals surface area contributed by atoms with Crippen molar-refractivity contribution in [1.82, 2.24) is 9.80 Å². The van der Waals surface area contributed by atoms with Crippen molar-refractivity contribution < 1.29 is 5.11 Å². The van der Waals surface area contributed by atoms with E-state index in [1.807, 2.05) is 6.07 Å². The number of hydrogen-bond acceptors (Lipinski definition) is 3. The van der Waals surface area contributed by atoms with Gasteiger partial charge >= 0.3 is 0 Å². The lowest BCUT2D eigenvalue weighted by Gasteiger charge is -2.40. The molecule has 0 spiro atoms. The van der Waals surface area contributed by atoms with Crippen LogP contribution in [0.2, 0.25) is 5.02 Å². The van der Waals surface area contributed by atoms with E-state index >= 15 is 0 Å². The highest BCUT2D eigenvalue weighted by atomic mass is 35.5. The Kier molecular flexibility index (Phi) is 5.30. The number of hydrogen-bond donors (Lipinski definition) is 1. The minimum Gasteiger partial charge on any atom is -0.508 e. The van der Waals surface area contributed by atoms with Gasteiger partial charge in [0.1, 0.15) is 5.75 Å². The Balaban J connectivity index is 2.01. The van der Waals surface area contributed by atoms with Crippen LogP contribution in [0.1, 0.15) is 38.8 Å². The fraction of sp³-hybridized carbons (Fsp3) is 0.625. The predicted molar refractivity (Wildman–Crippen MR) is 84.4 cm³/mol. The highest BCUT2D eigenvalue weighted by molar-refractivity contribution is 6.30. The van der Waals surface area contributed by atoms with E-state index < -0.39 is 0 Å². The standard InChI is InChI=1S/C16H25ClN2O/c1-4-12(2)18-7-9-19(10-8-18)13(3)15-11-14(17)5-6-16(15)20/h5-6,11-13,20H,4,7-10H2,1-3H3. The summed E-state index contributed by atoms with van der Waals surface area (Å²) in [4.78, 5) is 4.96. The molecule has 1 aromatic carbocycles. The molecule has 0 saturated carbocycles. The molecular weight excluding hydrogens is 272 g/mol. The van der Waals surface area contributed by atoms with Crippen LogP contribution in [0.3, 0.4) is 0 Å². The lowest BCUT2D eigenvalue weighted by molar-refractivity contribution is 0.0766. The van der Waals surface area contributed by atoms with Gasteiger partial charge in [-0.2, -0.15) is 0 Å².